The van der Waals surface area contributed by atoms with Gasteiger partial charge in [0.1, 0.15) is 11.4 Å². The van der Waals surface area contributed by atoms with Crippen molar-refractivity contribution in [3.05, 3.63) is 29.8 Å². The lowest BCUT2D eigenvalue weighted by Gasteiger charge is -2.42. The van der Waals surface area contributed by atoms with Crippen molar-refractivity contribution in [1.29, 1.82) is 0 Å². The SMILES string of the molecule is CCCNCCC1(Oc2ccc(F)c(F)c2)CCC1. The molecule has 2 rings (SSSR count). The van der Waals surface area contributed by atoms with E-state index in [1.807, 2.05) is 0 Å². The molecule has 106 valence electrons. The Balaban J connectivity index is 1.92. The Labute approximate surface area is 113 Å². The summed E-state index contributed by atoms with van der Waals surface area (Å²) in [5.41, 5.74) is -0.189. The number of rotatable bonds is 7. The molecule has 0 atom stereocenters. The van der Waals surface area contributed by atoms with E-state index in [1.54, 1.807) is 0 Å². The second-order valence-corrected chi connectivity index (χ2v) is 5.21. The minimum Gasteiger partial charge on any atom is -0.487 e. The lowest BCUT2D eigenvalue weighted by Crippen LogP contribution is -2.45. The molecule has 0 aromatic heterocycles. The third-order valence-electron chi connectivity index (χ3n) is 3.67. The Morgan fingerprint density at radius 1 is 1.21 bits per heavy atom. The first-order chi connectivity index (χ1) is 9.15. The summed E-state index contributed by atoms with van der Waals surface area (Å²) in [4.78, 5) is 0. The quantitative estimate of drug-likeness (QED) is 0.763. The smallest absolute Gasteiger partial charge is 0.162 e. The molecule has 0 bridgehead atoms. The highest BCUT2D eigenvalue weighted by Gasteiger charge is 2.38. The molecule has 0 radical (unpaired) electrons. The van der Waals surface area contributed by atoms with Crippen molar-refractivity contribution in [2.45, 2.75) is 44.6 Å². The molecule has 0 heterocycles. The van der Waals surface area contributed by atoms with E-state index in [0.29, 0.717) is 5.75 Å². The summed E-state index contributed by atoms with van der Waals surface area (Å²) in [6, 6.07) is 3.75. The largest absolute Gasteiger partial charge is 0.487 e. The van der Waals surface area contributed by atoms with Crippen molar-refractivity contribution in [2.75, 3.05) is 13.1 Å². The summed E-state index contributed by atoms with van der Waals surface area (Å²) in [6.07, 6.45) is 5.13. The summed E-state index contributed by atoms with van der Waals surface area (Å²) >= 11 is 0. The molecular weight excluding hydrogens is 248 g/mol. The third-order valence-corrected chi connectivity index (χ3v) is 3.67. The average molecular weight is 269 g/mol. The molecule has 2 nitrogen and oxygen atoms in total. The van der Waals surface area contributed by atoms with Gasteiger partial charge in [-0.05, 0) is 57.3 Å². The van der Waals surface area contributed by atoms with E-state index in [2.05, 4.69) is 12.2 Å². The average Bonchev–Trinajstić information content (AvgIpc) is 2.35. The molecule has 1 aromatic carbocycles. The molecule has 19 heavy (non-hydrogen) atoms. The molecule has 0 aliphatic heterocycles. The first kappa shape index (κ1) is 14.3. The summed E-state index contributed by atoms with van der Waals surface area (Å²) in [7, 11) is 0. The molecular formula is C15H21F2NO. The summed E-state index contributed by atoms with van der Waals surface area (Å²) in [5.74, 6) is -1.26. The van der Waals surface area contributed by atoms with Gasteiger partial charge in [-0.2, -0.15) is 0 Å². The van der Waals surface area contributed by atoms with E-state index in [1.165, 1.54) is 6.07 Å². The van der Waals surface area contributed by atoms with Gasteiger partial charge in [0.05, 0.1) is 0 Å². The van der Waals surface area contributed by atoms with Crippen LogP contribution >= 0.6 is 0 Å². The van der Waals surface area contributed by atoms with Crippen molar-refractivity contribution >= 4 is 0 Å². The molecule has 1 N–H and O–H groups in total. The van der Waals surface area contributed by atoms with Crippen LogP contribution in [0.25, 0.3) is 0 Å². The minimum absolute atomic E-state index is 0.189. The van der Waals surface area contributed by atoms with Gasteiger partial charge in [-0.1, -0.05) is 6.92 Å². The van der Waals surface area contributed by atoms with Crippen LogP contribution in [-0.2, 0) is 0 Å². The van der Waals surface area contributed by atoms with Crippen molar-refractivity contribution in [1.82, 2.24) is 5.32 Å². The van der Waals surface area contributed by atoms with E-state index in [4.69, 9.17) is 4.74 Å². The van der Waals surface area contributed by atoms with E-state index in [-0.39, 0.29) is 5.60 Å². The Morgan fingerprint density at radius 2 is 2.00 bits per heavy atom. The fourth-order valence-corrected chi connectivity index (χ4v) is 2.38. The summed E-state index contributed by atoms with van der Waals surface area (Å²) in [5, 5.41) is 3.35. The predicted molar refractivity (Wildman–Crippen MR) is 71.3 cm³/mol. The monoisotopic (exact) mass is 269 g/mol. The molecule has 1 aromatic rings. The highest BCUT2D eigenvalue weighted by atomic mass is 19.2. The van der Waals surface area contributed by atoms with E-state index < -0.39 is 11.6 Å². The first-order valence-electron chi connectivity index (χ1n) is 7.00. The second-order valence-electron chi connectivity index (χ2n) is 5.21. The van der Waals surface area contributed by atoms with Gasteiger partial charge in [-0.3, -0.25) is 0 Å². The number of halogens is 2. The maximum atomic E-state index is 13.2. The third kappa shape index (κ3) is 3.66. The Kier molecular flexibility index (Phi) is 4.75. The molecule has 1 fully saturated rings. The molecule has 0 amide bonds. The zero-order valence-corrected chi connectivity index (χ0v) is 11.3. The summed E-state index contributed by atoms with van der Waals surface area (Å²) in [6.45, 7) is 4.03. The van der Waals surface area contributed by atoms with Crippen LogP contribution in [0, 0.1) is 11.6 Å². The van der Waals surface area contributed by atoms with Crippen molar-refractivity contribution in [2.24, 2.45) is 0 Å². The fraction of sp³-hybridized carbons (Fsp3) is 0.600. The zero-order valence-electron chi connectivity index (χ0n) is 11.3. The van der Waals surface area contributed by atoms with Crippen LogP contribution in [0.4, 0.5) is 8.78 Å². The lowest BCUT2D eigenvalue weighted by molar-refractivity contribution is -0.0144. The minimum atomic E-state index is -0.851. The number of benzene rings is 1. The van der Waals surface area contributed by atoms with Gasteiger partial charge >= 0.3 is 0 Å². The number of hydrogen-bond donors (Lipinski definition) is 1. The topological polar surface area (TPSA) is 21.3 Å². The van der Waals surface area contributed by atoms with Crippen LogP contribution in [0.2, 0.25) is 0 Å². The van der Waals surface area contributed by atoms with Gasteiger partial charge in [0, 0.05) is 6.07 Å². The van der Waals surface area contributed by atoms with Crippen molar-refractivity contribution in [3.8, 4) is 5.75 Å². The van der Waals surface area contributed by atoms with Gasteiger partial charge in [-0.25, -0.2) is 8.78 Å². The standard InChI is InChI=1S/C15H21F2NO/c1-2-9-18-10-8-15(6-3-7-15)19-12-4-5-13(16)14(17)11-12/h4-5,11,18H,2-3,6-10H2,1H3. The highest BCUT2D eigenvalue weighted by molar-refractivity contribution is 5.25. The molecule has 0 unspecified atom stereocenters. The normalized spacial score (nSPS) is 17.0. The van der Waals surface area contributed by atoms with Gasteiger partial charge in [0.25, 0.3) is 0 Å². The van der Waals surface area contributed by atoms with Crippen LogP contribution in [-0.4, -0.2) is 18.7 Å². The molecule has 0 saturated heterocycles. The molecule has 0 spiro atoms. The van der Waals surface area contributed by atoms with Crippen molar-refractivity contribution < 1.29 is 13.5 Å². The van der Waals surface area contributed by atoms with Crippen molar-refractivity contribution in [3.63, 3.8) is 0 Å². The van der Waals surface area contributed by atoms with Crippen LogP contribution in [0.3, 0.4) is 0 Å². The molecule has 4 heteroatoms. The second kappa shape index (κ2) is 6.33. The molecule has 1 saturated carbocycles. The van der Waals surface area contributed by atoms with Gasteiger partial charge in [0.2, 0.25) is 0 Å². The zero-order chi connectivity index (χ0) is 13.7. The van der Waals surface area contributed by atoms with E-state index in [9.17, 15) is 8.78 Å². The highest BCUT2D eigenvalue weighted by Crippen LogP contribution is 2.39. The molecule has 1 aliphatic rings. The fourth-order valence-electron chi connectivity index (χ4n) is 2.38. The maximum Gasteiger partial charge on any atom is 0.162 e. The predicted octanol–water partition coefficient (Wildman–Crippen LogP) is 3.66. The number of ether oxygens (including phenoxy) is 1. The Morgan fingerprint density at radius 3 is 2.58 bits per heavy atom. The van der Waals surface area contributed by atoms with Crippen LogP contribution < -0.4 is 10.1 Å². The number of nitrogens with one attached hydrogen (secondary N) is 1. The van der Waals surface area contributed by atoms with Crippen LogP contribution in [0.1, 0.15) is 39.0 Å². The Bertz CT molecular complexity index is 419. The lowest BCUT2D eigenvalue weighted by atomic mass is 9.77. The maximum absolute atomic E-state index is 13.2. The van der Waals surface area contributed by atoms with Gasteiger partial charge in [0.15, 0.2) is 11.6 Å². The van der Waals surface area contributed by atoms with Crippen LogP contribution in [0.5, 0.6) is 5.75 Å². The van der Waals surface area contributed by atoms with E-state index in [0.717, 1.165) is 57.3 Å². The summed E-state index contributed by atoms with van der Waals surface area (Å²) < 4.78 is 31.9. The Hall–Kier alpha value is -1.16. The van der Waals surface area contributed by atoms with Gasteiger partial charge in [-0.15, -0.1) is 0 Å². The number of hydrogen-bond acceptors (Lipinski definition) is 2. The molecule has 1 aliphatic carbocycles. The van der Waals surface area contributed by atoms with E-state index >= 15 is 0 Å². The van der Waals surface area contributed by atoms with Gasteiger partial charge < -0.3 is 10.1 Å². The van der Waals surface area contributed by atoms with Crippen LogP contribution in [0.15, 0.2) is 18.2 Å². The first-order valence-corrected chi connectivity index (χ1v) is 7.00.